The number of allylic oxidation sites excluding steroid dienone is 2. The molecule has 0 saturated heterocycles. The van der Waals surface area contributed by atoms with E-state index in [9.17, 15) is 0 Å². The Morgan fingerprint density at radius 1 is 0.350 bits per heavy atom. The molecule has 8 aromatic rings. The van der Waals surface area contributed by atoms with E-state index < -0.39 is 18.0 Å². The monoisotopic (exact) mass is 938 g/mol. The van der Waals surface area contributed by atoms with Crippen LogP contribution in [0, 0.1) is 0 Å². The molecule has 0 heterocycles. The Morgan fingerprint density at radius 2 is 0.683 bits per heavy atom. The fraction of sp³-hybridized carbons (Fsp3) is 0.102. The van der Waals surface area contributed by atoms with Crippen LogP contribution in [0.1, 0.15) is 40.7 Å². The summed E-state index contributed by atoms with van der Waals surface area (Å²) in [5.74, 6) is 0. The van der Waals surface area contributed by atoms with Crippen LogP contribution >= 0.6 is 0 Å². The van der Waals surface area contributed by atoms with Gasteiger partial charge in [0.15, 0.2) is 0 Å². The molecule has 2 atom stereocenters. The maximum absolute atomic E-state index is 4.61. The molecule has 0 nitrogen and oxygen atoms in total. The van der Waals surface area contributed by atoms with Crippen molar-refractivity contribution in [3.8, 4) is 44.5 Å². The van der Waals surface area contributed by atoms with Crippen molar-refractivity contribution in [3.63, 3.8) is 0 Å². The molecule has 0 saturated carbocycles. The third-order valence-electron chi connectivity index (χ3n) is 14.0. The minimum absolute atomic E-state index is 0.309. The van der Waals surface area contributed by atoms with Crippen molar-refractivity contribution >= 4 is 15.4 Å². The summed E-state index contributed by atoms with van der Waals surface area (Å²) in [6.45, 7) is 0. The molecule has 60 heavy (non-hydrogen) atoms. The summed E-state index contributed by atoms with van der Waals surface area (Å²) in [4.78, 5) is 0. The van der Waals surface area contributed by atoms with Crippen molar-refractivity contribution in [3.05, 3.63) is 252 Å². The summed E-state index contributed by atoms with van der Waals surface area (Å²) in [6.07, 6.45) is 12.2. The van der Waals surface area contributed by atoms with Gasteiger partial charge in [0, 0.05) is 0 Å². The van der Waals surface area contributed by atoms with Crippen LogP contribution in [0.4, 0.5) is 0 Å². The van der Waals surface area contributed by atoms with Crippen molar-refractivity contribution in [2.45, 2.75) is 29.6 Å². The van der Waals surface area contributed by atoms with Gasteiger partial charge in [0.2, 0.25) is 0 Å². The average molecular weight is 938 g/mol. The summed E-state index contributed by atoms with van der Waals surface area (Å²) in [7, 11) is 0. The van der Waals surface area contributed by atoms with Crippen LogP contribution < -0.4 is 0 Å². The fourth-order valence-corrected chi connectivity index (χ4v) is 34.5. The second-order valence-electron chi connectivity index (χ2n) is 17.7. The molecule has 2 aliphatic rings. The van der Waals surface area contributed by atoms with Crippen LogP contribution in [0.3, 0.4) is 0 Å². The van der Waals surface area contributed by atoms with Gasteiger partial charge in [0.25, 0.3) is 0 Å². The van der Waals surface area contributed by atoms with Crippen LogP contribution in [0.5, 0.6) is 0 Å². The second kappa shape index (κ2) is 15.9. The number of fused-ring (bicyclic) bond motifs is 2. The molecule has 290 valence electrons. The van der Waals surface area contributed by atoms with E-state index in [1.165, 1.54) is 77.9 Å². The molecule has 2 unspecified atom stereocenters. The Morgan fingerprint density at radius 3 is 1.08 bits per heavy atom. The normalized spacial score (nSPS) is 15.4. The molecule has 2 aliphatic carbocycles. The summed E-state index contributed by atoms with van der Waals surface area (Å²) >= 11 is -4.61. The van der Waals surface area contributed by atoms with E-state index in [2.05, 4.69) is 240 Å². The van der Waals surface area contributed by atoms with Gasteiger partial charge < -0.3 is 0 Å². The van der Waals surface area contributed by atoms with E-state index in [0.717, 1.165) is 12.8 Å². The van der Waals surface area contributed by atoms with Gasteiger partial charge in [-0.2, -0.15) is 0 Å². The molecule has 0 N–H and O–H groups in total. The molecule has 0 aliphatic heterocycles. The molecule has 0 spiro atoms. The molecule has 0 fully saturated rings. The van der Waals surface area contributed by atoms with Crippen LogP contribution in [-0.4, -0.2) is 3.26 Å². The van der Waals surface area contributed by atoms with Gasteiger partial charge in [-0.05, 0) is 0 Å². The van der Waals surface area contributed by atoms with Crippen LogP contribution in [-0.2, 0) is 30.9 Å². The number of hydrogen-bond donors (Lipinski definition) is 0. The van der Waals surface area contributed by atoms with Crippen LogP contribution in [0.2, 0.25) is 9.36 Å². The zero-order valence-corrected chi connectivity index (χ0v) is 38.1. The van der Waals surface area contributed by atoms with Crippen molar-refractivity contribution in [1.29, 1.82) is 0 Å². The Hall–Kier alpha value is -6.02. The molecule has 8 aromatic carbocycles. The standard InChI is InChI=1S/2C21H15.C15H14.2CH3.Hf/c2*1-2-8-16(9-3-1)18-12-4-5-13-20(18)21-15-7-11-17-10-6-14-19(17)21;1-3-8-14(9-4-1)12-7-13-15-10-5-2-6-11-15;;;/h2*1-15H;1-6,8-11H,12-13H2;2*1H3;. The summed E-state index contributed by atoms with van der Waals surface area (Å²) < 4.78 is 8.01. The number of hydrogen-bond acceptors (Lipinski definition) is 0. The SMILES string of the molecule is [CH3][Hf]([CH3])(=[C](Cc1ccccc1)Cc1ccccc1)([CH]1C=Cc2c(-c3ccccc3-c3ccccc3)cccc21)[CH]1C=Cc2c(-c3ccccc3-c3ccccc3)cccc21. The first kappa shape index (κ1) is 38.2. The third kappa shape index (κ3) is 6.70. The number of benzene rings is 8. The molecular weight excluding hydrogens is 887 g/mol. The predicted molar refractivity (Wildman–Crippen MR) is 255 cm³/mol. The molecule has 0 aromatic heterocycles. The summed E-state index contributed by atoms with van der Waals surface area (Å²) in [6, 6.07) is 76.5. The van der Waals surface area contributed by atoms with Crippen molar-refractivity contribution < 1.29 is 18.0 Å². The first-order valence-corrected chi connectivity index (χ1v) is 34.6. The van der Waals surface area contributed by atoms with Crippen molar-refractivity contribution in [1.82, 2.24) is 0 Å². The Balaban J connectivity index is 1.21. The van der Waals surface area contributed by atoms with E-state index in [4.69, 9.17) is 0 Å². The molecule has 0 bridgehead atoms. The second-order valence-corrected chi connectivity index (χ2v) is 43.4. The fourth-order valence-electron chi connectivity index (χ4n) is 10.8. The summed E-state index contributed by atoms with van der Waals surface area (Å²) in [5.41, 5.74) is 18.8. The topological polar surface area (TPSA) is 0 Å². The van der Waals surface area contributed by atoms with Gasteiger partial charge in [-0.3, -0.25) is 0 Å². The van der Waals surface area contributed by atoms with E-state index in [0.29, 0.717) is 7.35 Å². The van der Waals surface area contributed by atoms with Crippen LogP contribution in [0.25, 0.3) is 56.7 Å². The molecule has 0 amide bonds. The molecule has 1 heteroatoms. The van der Waals surface area contributed by atoms with E-state index >= 15 is 0 Å². The van der Waals surface area contributed by atoms with E-state index in [-0.39, 0.29) is 0 Å². The molecule has 0 radical (unpaired) electrons. The average Bonchev–Trinajstić information content (AvgIpc) is 3.97. The predicted octanol–water partition coefficient (Wildman–Crippen LogP) is 15.6. The van der Waals surface area contributed by atoms with Gasteiger partial charge in [0.05, 0.1) is 0 Å². The Kier molecular flexibility index (Phi) is 10.1. The van der Waals surface area contributed by atoms with Gasteiger partial charge in [-0.15, -0.1) is 0 Å². The van der Waals surface area contributed by atoms with E-state index in [1.54, 1.807) is 3.26 Å². The third-order valence-corrected chi connectivity index (χ3v) is 40.7. The maximum atomic E-state index is 2.82. The first-order valence-electron chi connectivity index (χ1n) is 21.5. The van der Waals surface area contributed by atoms with Crippen molar-refractivity contribution in [2.75, 3.05) is 0 Å². The van der Waals surface area contributed by atoms with Gasteiger partial charge in [-0.25, -0.2) is 0 Å². The van der Waals surface area contributed by atoms with Gasteiger partial charge in [-0.1, -0.05) is 0 Å². The van der Waals surface area contributed by atoms with Gasteiger partial charge >= 0.3 is 359 Å². The molecular formula is C59H50Hf. The van der Waals surface area contributed by atoms with Gasteiger partial charge in [0.1, 0.15) is 0 Å². The number of rotatable bonds is 10. The summed E-state index contributed by atoms with van der Waals surface area (Å²) in [5, 5.41) is 0. The quantitative estimate of drug-likeness (QED) is 0.120. The zero-order chi connectivity index (χ0) is 40.5. The molecule has 10 rings (SSSR count). The zero-order valence-electron chi connectivity index (χ0n) is 34.5. The van der Waals surface area contributed by atoms with E-state index in [1.807, 2.05) is 0 Å². The Labute approximate surface area is 356 Å². The Bertz CT molecular complexity index is 2770. The van der Waals surface area contributed by atoms with Crippen LogP contribution in [0.15, 0.2) is 218 Å². The van der Waals surface area contributed by atoms with Crippen molar-refractivity contribution in [2.24, 2.45) is 0 Å². The first-order chi connectivity index (χ1) is 29.5. The minimum atomic E-state index is -4.61.